The molecule has 0 N–H and O–H groups in total. The van der Waals surface area contributed by atoms with E-state index in [-0.39, 0.29) is 0 Å². The molecule has 0 saturated heterocycles. The van der Waals surface area contributed by atoms with Crippen LogP contribution in [0.25, 0.3) is 0 Å². The Labute approximate surface area is 245 Å². The third kappa shape index (κ3) is 6.25. The van der Waals surface area contributed by atoms with E-state index < -0.39 is 0 Å². The second-order valence-corrected chi connectivity index (χ2v) is 11.1. The Morgan fingerprint density at radius 3 is 1.51 bits per heavy atom. The van der Waals surface area contributed by atoms with Gasteiger partial charge in [0.15, 0.2) is 0 Å². The van der Waals surface area contributed by atoms with Gasteiger partial charge < -0.3 is 4.90 Å². The van der Waals surface area contributed by atoms with Crippen LogP contribution in [0.2, 0.25) is 0 Å². The van der Waals surface area contributed by atoms with Crippen molar-refractivity contribution >= 4 is 34.7 Å². The molecule has 5 rings (SSSR count). The lowest BCUT2D eigenvalue weighted by Crippen LogP contribution is -2.12. The Balaban J connectivity index is 1.54. The van der Waals surface area contributed by atoms with E-state index >= 15 is 0 Å². The van der Waals surface area contributed by atoms with Crippen molar-refractivity contribution in [1.82, 2.24) is 0 Å². The SMILES string of the molecule is Cc1ccc(N(N=Cc2ccc(N(c3ccc(C)c(C)c3)c3ccc(C)c(C)c3)cc2C)c2cccc(C)c2)cc1. The highest BCUT2D eigenvalue weighted by molar-refractivity contribution is 5.86. The molecule has 0 aliphatic heterocycles. The summed E-state index contributed by atoms with van der Waals surface area (Å²) < 4.78 is 0. The van der Waals surface area contributed by atoms with E-state index in [1.54, 1.807) is 0 Å². The number of benzene rings is 5. The predicted octanol–water partition coefficient (Wildman–Crippen LogP) is 10.5. The van der Waals surface area contributed by atoms with Crippen LogP contribution >= 0.6 is 0 Å². The van der Waals surface area contributed by atoms with Crippen molar-refractivity contribution < 1.29 is 0 Å². The molecule has 5 aromatic carbocycles. The second kappa shape index (κ2) is 11.9. The summed E-state index contributed by atoms with van der Waals surface area (Å²) in [7, 11) is 0. The van der Waals surface area contributed by atoms with Crippen molar-refractivity contribution in [3.63, 3.8) is 0 Å². The number of hydrogen-bond acceptors (Lipinski definition) is 3. The summed E-state index contributed by atoms with van der Waals surface area (Å²) in [5.74, 6) is 0. The summed E-state index contributed by atoms with van der Waals surface area (Å²) in [6.07, 6.45) is 1.97. The molecule has 3 nitrogen and oxygen atoms in total. The Morgan fingerprint density at radius 1 is 0.439 bits per heavy atom. The van der Waals surface area contributed by atoms with E-state index in [9.17, 15) is 0 Å². The predicted molar refractivity (Wildman–Crippen MR) is 177 cm³/mol. The molecule has 0 unspecified atom stereocenters. The Morgan fingerprint density at radius 2 is 0.976 bits per heavy atom. The largest absolute Gasteiger partial charge is 0.310 e. The van der Waals surface area contributed by atoms with Crippen molar-refractivity contribution in [2.75, 3.05) is 9.91 Å². The molecule has 0 radical (unpaired) electrons. The van der Waals surface area contributed by atoms with Crippen LogP contribution in [-0.4, -0.2) is 6.21 Å². The quantitative estimate of drug-likeness (QED) is 0.152. The van der Waals surface area contributed by atoms with E-state index in [4.69, 9.17) is 5.10 Å². The van der Waals surface area contributed by atoms with Gasteiger partial charge in [0.05, 0.1) is 17.6 Å². The third-order valence-electron chi connectivity index (χ3n) is 7.85. The minimum Gasteiger partial charge on any atom is -0.310 e. The first-order chi connectivity index (χ1) is 19.7. The van der Waals surface area contributed by atoms with Crippen LogP contribution in [0.5, 0.6) is 0 Å². The normalized spacial score (nSPS) is 11.2. The molecule has 0 bridgehead atoms. The topological polar surface area (TPSA) is 18.8 Å². The lowest BCUT2D eigenvalue weighted by molar-refractivity contribution is 1.09. The van der Waals surface area contributed by atoms with Crippen LogP contribution in [0.4, 0.5) is 28.4 Å². The van der Waals surface area contributed by atoms with Gasteiger partial charge in [0.1, 0.15) is 0 Å². The molecule has 0 heterocycles. The number of rotatable bonds is 7. The molecule has 0 aliphatic rings. The maximum Gasteiger partial charge on any atom is 0.0655 e. The van der Waals surface area contributed by atoms with Crippen LogP contribution in [0.15, 0.2) is 108 Å². The smallest absolute Gasteiger partial charge is 0.0655 e. The molecule has 0 aliphatic carbocycles. The minimum atomic E-state index is 1.03. The van der Waals surface area contributed by atoms with E-state index in [0.717, 1.165) is 39.6 Å². The van der Waals surface area contributed by atoms with Crippen molar-refractivity contribution in [3.05, 3.63) is 148 Å². The first-order valence-electron chi connectivity index (χ1n) is 14.2. The van der Waals surface area contributed by atoms with E-state index in [2.05, 4.69) is 156 Å². The average Bonchev–Trinajstić information content (AvgIpc) is 2.95. The standard InChI is InChI=1S/C38H39N3/c1-26-11-16-34(17-12-26)41(38-10-8-9-27(2)21-38)39-25-33-15-20-37(24-32(33)7)40(35-18-13-28(3)30(5)22-35)36-19-14-29(4)31(6)23-36/h8-25H,1-7H3. The number of hydrazone groups is 1. The molecule has 0 spiro atoms. The summed E-state index contributed by atoms with van der Waals surface area (Å²) in [4.78, 5) is 2.35. The minimum absolute atomic E-state index is 1.03. The van der Waals surface area contributed by atoms with Gasteiger partial charge in [-0.25, -0.2) is 5.01 Å². The summed E-state index contributed by atoms with van der Waals surface area (Å²) >= 11 is 0. The summed E-state index contributed by atoms with van der Waals surface area (Å²) in [6, 6.07) is 37.0. The van der Waals surface area contributed by atoms with Gasteiger partial charge in [0.2, 0.25) is 0 Å². The fourth-order valence-corrected chi connectivity index (χ4v) is 4.97. The Kier molecular flexibility index (Phi) is 8.07. The van der Waals surface area contributed by atoms with Gasteiger partial charge in [0.25, 0.3) is 0 Å². The van der Waals surface area contributed by atoms with Gasteiger partial charge in [0, 0.05) is 17.1 Å². The maximum absolute atomic E-state index is 4.99. The first-order valence-corrected chi connectivity index (χ1v) is 14.2. The molecular formula is C38H39N3. The van der Waals surface area contributed by atoms with Crippen LogP contribution < -0.4 is 9.91 Å². The number of anilines is 5. The zero-order valence-electron chi connectivity index (χ0n) is 25.2. The lowest BCUT2D eigenvalue weighted by atomic mass is 10.0. The highest BCUT2D eigenvalue weighted by Gasteiger charge is 2.15. The van der Waals surface area contributed by atoms with Crippen molar-refractivity contribution in [3.8, 4) is 0 Å². The van der Waals surface area contributed by atoms with Crippen LogP contribution in [0, 0.1) is 48.5 Å². The zero-order chi connectivity index (χ0) is 29.1. The number of aryl methyl sites for hydroxylation is 7. The highest BCUT2D eigenvalue weighted by Crippen LogP contribution is 2.37. The highest BCUT2D eigenvalue weighted by atomic mass is 15.5. The molecular weight excluding hydrogens is 498 g/mol. The number of hydrogen-bond donors (Lipinski definition) is 0. The molecule has 3 heteroatoms. The number of nitrogens with zero attached hydrogens (tertiary/aromatic N) is 3. The third-order valence-corrected chi connectivity index (χ3v) is 7.85. The second-order valence-electron chi connectivity index (χ2n) is 11.1. The monoisotopic (exact) mass is 537 g/mol. The Bertz CT molecular complexity index is 1660. The van der Waals surface area contributed by atoms with E-state index in [0.29, 0.717) is 0 Å². The van der Waals surface area contributed by atoms with Crippen molar-refractivity contribution in [2.45, 2.75) is 48.5 Å². The van der Waals surface area contributed by atoms with E-state index in [1.807, 2.05) is 11.2 Å². The fraction of sp³-hybridized carbons (Fsp3) is 0.184. The first kappa shape index (κ1) is 27.9. The molecule has 41 heavy (non-hydrogen) atoms. The maximum atomic E-state index is 4.99. The van der Waals surface area contributed by atoms with Crippen LogP contribution in [0.1, 0.15) is 44.5 Å². The zero-order valence-corrected chi connectivity index (χ0v) is 25.2. The van der Waals surface area contributed by atoms with Gasteiger partial charge >= 0.3 is 0 Å². The molecule has 0 atom stereocenters. The van der Waals surface area contributed by atoms with Crippen LogP contribution in [0.3, 0.4) is 0 Å². The van der Waals surface area contributed by atoms with Crippen LogP contribution in [-0.2, 0) is 0 Å². The Hall–Kier alpha value is -4.63. The summed E-state index contributed by atoms with van der Waals surface area (Å²) in [5, 5.41) is 7.00. The fourth-order valence-electron chi connectivity index (χ4n) is 4.97. The molecule has 0 saturated carbocycles. The summed E-state index contributed by atoms with van der Waals surface area (Å²) in [6.45, 7) is 15.1. The molecule has 206 valence electrons. The molecule has 0 fully saturated rings. The van der Waals surface area contributed by atoms with Gasteiger partial charge in [-0.2, -0.15) is 5.10 Å². The van der Waals surface area contributed by atoms with Gasteiger partial charge in [-0.15, -0.1) is 0 Å². The van der Waals surface area contributed by atoms with Crippen molar-refractivity contribution in [2.24, 2.45) is 5.10 Å². The summed E-state index contributed by atoms with van der Waals surface area (Å²) in [5.41, 5.74) is 15.3. The molecule has 0 aromatic heterocycles. The lowest BCUT2D eigenvalue weighted by Gasteiger charge is -2.27. The van der Waals surface area contributed by atoms with E-state index in [1.165, 1.54) is 33.4 Å². The molecule has 0 amide bonds. The van der Waals surface area contributed by atoms with Gasteiger partial charge in [-0.3, -0.25) is 0 Å². The van der Waals surface area contributed by atoms with Crippen molar-refractivity contribution in [1.29, 1.82) is 0 Å². The average molecular weight is 538 g/mol. The van der Waals surface area contributed by atoms with Gasteiger partial charge in [-0.05, 0) is 148 Å². The van der Waals surface area contributed by atoms with Gasteiger partial charge in [-0.1, -0.05) is 48.0 Å². The molecule has 5 aromatic rings.